The van der Waals surface area contributed by atoms with E-state index in [9.17, 15) is 19.8 Å². The van der Waals surface area contributed by atoms with Crippen LogP contribution in [0.25, 0.3) is 0 Å². The van der Waals surface area contributed by atoms with Crippen molar-refractivity contribution in [3.8, 4) is 0 Å². The molecule has 0 saturated carbocycles. The van der Waals surface area contributed by atoms with Gasteiger partial charge in [0.05, 0.1) is 25.4 Å². The van der Waals surface area contributed by atoms with Crippen LogP contribution in [0.3, 0.4) is 0 Å². The predicted molar refractivity (Wildman–Crippen MR) is 283 cm³/mol. The van der Waals surface area contributed by atoms with Crippen molar-refractivity contribution in [2.75, 3.05) is 13.2 Å². The first kappa shape index (κ1) is 63.1. The number of nitrogens with one attached hydrogen (secondary N) is 1. The van der Waals surface area contributed by atoms with Gasteiger partial charge in [0.2, 0.25) is 5.91 Å². The minimum absolute atomic E-state index is 0.0402. The fraction of sp³-hybridized carbons (Fsp3) is 0.864. The number of hydrogen-bond acceptors (Lipinski definition) is 5. The summed E-state index contributed by atoms with van der Waals surface area (Å²) in [7, 11) is 0. The van der Waals surface area contributed by atoms with E-state index < -0.39 is 12.1 Å². The summed E-state index contributed by atoms with van der Waals surface area (Å²) in [6, 6.07) is -0.650. The van der Waals surface area contributed by atoms with Gasteiger partial charge < -0.3 is 20.3 Å². The Hall–Kier alpha value is -1.92. The third kappa shape index (κ3) is 51.3. The van der Waals surface area contributed by atoms with Crippen molar-refractivity contribution in [1.29, 1.82) is 0 Å². The van der Waals surface area contributed by atoms with E-state index in [0.29, 0.717) is 19.4 Å². The maximum atomic E-state index is 12.5. The lowest BCUT2D eigenvalue weighted by Gasteiger charge is -2.20. The van der Waals surface area contributed by atoms with Crippen LogP contribution in [0.4, 0.5) is 0 Å². The topological polar surface area (TPSA) is 95.9 Å². The Balaban J connectivity index is 3.55. The Morgan fingerprint density at radius 1 is 0.415 bits per heavy atom. The fourth-order valence-electron chi connectivity index (χ4n) is 8.68. The molecule has 65 heavy (non-hydrogen) atoms. The number of ether oxygens (including phenoxy) is 1. The van der Waals surface area contributed by atoms with Gasteiger partial charge in [0, 0.05) is 12.8 Å². The van der Waals surface area contributed by atoms with E-state index >= 15 is 0 Å². The van der Waals surface area contributed by atoms with Gasteiger partial charge in [-0.3, -0.25) is 9.59 Å². The molecule has 0 aromatic rings. The summed E-state index contributed by atoms with van der Waals surface area (Å²) >= 11 is 0. The van der Waals surface area contributed by atoms with Gasteiger partial charge in [-0.05, 0) is 83.5 Å². The molecule has 1 amide bonds. The molecule has 2 atom stereocenters. The molecule has 0 rings (SSSR count). The first-order valence-electron chi connectivity index (χ1n) is 28.8. The summed E-state index contributed by atoms with van der Waals surface area (Å²) in [5, 5.41) is 23.1. The number of hydrogen-bond donors (Lipinski definition) is 3. The number of carbonyl (C=O) groups excluding carboxylic acids is 2. The van der Waals surface area contributed by atoms with E-state index in [4.69, 9.17) is 4.74 Å². The Morgan fingerprint density at radius 2 is 0.723 bits per heavy atom. The molecule has 2 unspecified atom stereocenters. The lowest BCUT2D eigenvalue weighted by atomic mass is 10.0. The summed E-state index contributed by atoms with van der Waals surface area (Å²) in [4.78, 5) is 24.5. The van der Waals surface area contributed by atoms with Gasteiger partial charge in [-0.15, -0.1) is 0 Å². The second-order valence-corrected chi connectivity index (χ2v) is 19.6. The smallest absolute Gasteiger partial charge is 0.305 e. The second kappa shape index (κ2) is 54.7. The molecule has 6 nitrogen and oxygen atoms in total. The molecule has 6 heteroatoms. The van der Waals surface area contributed by atoms with Gasteiger partial charge in [0.25, 0.3) is 0 Å². The highest BCUT2D eigenvalue weighted by Crippen LogP contribution is 2.16. The van der Waals surface area contributed by atoms with Crippen LogP contribution in [0.2, 0.25) is 0 Å². The maximum absolute atomic E-state index is 12.5. The minimum Gasteiger partial charge on any atom is -0.466 e. The molecule has 0 aliphatic heterocycles. The zero-order valence-electron chi connectivity index (χ0n) is 43.5. The highest BCUT2D eigenvalue weighted by Gasteiger charge is 2.18. The van der Waals surface area contributed by atoms with Crippen LogP contribution in [0.15, 0.2) is 36.5 Å². The molecule has 0 heterocycles. The lowest BCUT2D eigenvalue weighted by Crippen LogP contribution is -2.45. The Kier molecular flexibility index (Phi) is 53.1. The van der Waals surface area contributed by atoms with E-state index in [1.54, 1.807) is 6.08 Å². The SMILES string of the molecule is CCCCCCCCC/C=C\CCCCCCCC(=O)OCCCC/C=C\CCCCCCCC(=O)NC(CO)C(O)/C=C/CCCCCCCCCCCCCCCCCCCCC. The highest BCUT2D eigenvalue weighted by molar-refractivity contribution is 5.76. The third-order valence-electron chi connectivity index (χ3n) is 13.1. The Labute approximate surface area is 404 Å². The van der Waals surface area contributed by atoms with Crippen LogP contribution < -0.4 is 5.32 Å². The molecule has 0 aromatic carbocycles. The largest absolute Gasteiger partial charge is 0.466 e. The van der Waals surface area contributed by atoms with Crippen LogP contribution in [0.5, 0.6) is 0 Å². The lowest BCUT2D eigenvalue weighted by molar-refractivity contribution is -0.143. The fourth-order valence-corrected chi connectivity index (χ4v) is 8.68. The molecule has 0 aromatic heterocycles. The molecular weight excluding hydrogens is 803 g/mol. The van der Waals surface area contributed by atoms with Crippen LogP contribution in [-0.4, -0.2) is 47.4 Å². The van der Waals surface area contributed by atoms with Gasteiger partial charge >= 0.3 is 5.97 Å². The average molecular weight is 915 g/mol. The molecule has 382 valence electrons. The maximum Gasteiger partial charge on any atom is 0.305 e. The third-order valence-corrected chi connectivity index (χ3v) is 13.1. The van der Waals surface area contributed by atoms with Gasteiger partial charge in [-0.1, -0.05) is 243 Å². The summed E-state index contributed by atoms with van der Waals surface area (Å²) < 4.78 is 5.44. The van der Waals surface area contributed by atoms with Gasteiger partial charge in [0.1, 0.15) is 0 Å². The van der Waals surface area contributed by atoms with Crippen molar-refractivity contribution in [2.24, 2.45) is 0 Å². The molecule has 0 radical (unpaired) electrons. The molecule has 3 N–H and O–H groups in total. The molecular formula is C59H111NO5. The highest BCUT2D eigenvalue weighted by atomic mass is 16.5. The van der Waals surface area contributed by atoms with Crippen LogP contribution in [0, 0.1) is 0 Å². The van der Waals surface area contributed by atoms with Crippen molar-refractivity contribution in [3.63, 3.8) is 0 Å². The average Bonchev–Trinajstić information content (AvgIpc) is 3.31. The standard InChI is InChI=1S/C59H111NO5/c1-3-5-7-9-11-13-15-17-19-21-22-23-24-25-26-28-31-35-39-43-47-51-57(62)56(55-61)60-58(63)52-48-44-40-36-32-30-34-38-42-46-50-54-65-59(64)53-49-45-41-37-33-29-27-20-18-16-14-12-10-8-6-4-2/h20,27,34,38,47,51,56-57,61-62H,3-19,21-26,28-33,35-37,39-46,48-50,52-55H2,1-2H3,(H,60,63)/b27-20-,38-34-,51-47+. The molecule has 0 saturated heterocycles. The number of aliphatic hydroxyl groups is 2. The summed E-state index contributed by atoms with van der Waals surface area (Å²) in [5.74, 6) is -0.136. The normalized spacial score (nSPS) is 12.9. The van der Waals surface area contributed by atoms with Crippen molar-refractivity contribution in [1.82, 2.24) is 5.32 Å². The van der Waals surface area contributed by atoms with E-state index in [1.807, 2.05) is 6.08 Å². The number of carbonyl (C=O) groups is 2. The van der Waals surface area contributed by atoms with Crippen LogP contribution in [0.1, 0.15) is 303 Å². The van der Waals surface area contributed by atoms with E-state index in [0.717, 1.165) is 83.5 Å². The van der Waals surface area contributed by atoms with Gasteiger partial charge in [-0.25, -0.2) is 0 Å². The van der Waals surface area contributed by atoms with Gasteiger partial charge in [0.15, 0.2) is 0 Å². The first-order valence-corrected chi connectivity index (χ1v) is 28.8. The molecule has 0 fully saturated rings. The minimum atomic E-state index is -0.864. The van der Waals surface area contributed by atoms with E-state index in [-0.39, 0.29) is 18.5 Å². The number of allylic oxidation sites excluding steroid dienone is 5. The number of esters is 1. The van der Waals surface area contributed by atoms with Crippen molar-refractivity contribution in [2.45, 2.75) is 315 Å². The quantitative estimate of drug-likeness (QED) is 0.0321. The predicted octanol–water partition coefficient (Wildman–Crippen LogP) is 17.6. The Bertz CT molecular complexity index is 1060. The van der Waals surface area contributed by atoms with Crippen molar-refractivity contribution < 1.29 is 24.5 Å². The molecule has 0 aliphatic rings. The summed E-state index contributed by atoms with van der Waals surface area (Å²) in [5.41, 5.74) is 0. The number of rotatable bonds is 53. The van der Waals surface area contributed by atoms with Crippen molar-refractivity contribution >= 4 is 11.9 Å². The number of aliphatic hydroxyl groups excluding tert-OH is 2. The molecule has 0 aliphatic carbocycles. The van der Waals surface area contributed by atoms with Crippen LogP contribution in [-0.2, 0) is 14.3 Å². The van der Waals surface area contributed by atoms with E-state index in [1.165, 1.54) is 193 Å². The first-order chi connectivity index (χ1) is 32.0. The zero-order valence-corrected chi connectivity index (χ0v) is 43.5. The van der Waals surface area contributed by atoms with Crippen LogP contribution >= 0.6 is 0 Å². The van der Waals surface area contributed by atoms with Crippen molar-refractivity contribution in [3.05, 3.63) is 36.5 Å². The summed E-state index contributed by atoms with van der Waals surface area (Å²) in [6.45, 7) is 4.83. The van der Waals surface area contributed by atoms with Gasteiger partial charge in [-0.2, -0.15) is 0 Å². The molecule has 0 bridgehead atoms. The zero-order chi connectivity index (χ0) is 47.2. The Morgan fingerprint density at radius 3 is 1.09 bits per heavy atom. The number of unbranched alkanes of at least 4 members (excludes halogenated alkanes) is 38. The summed E-state index contributed by atoms with van der Waals surface area (Å²) in [6.07, 6.45) is 67.4. The van der Waals surface area contributed by atoms with E-state index in [2.05, 4.69) is 43.5 Å². The second-order valence-electron chi connectivity index (χ2n) is 19.6. The monoisotopic (exact) mass is 914 g/mol. The number of amides is 1. The molecule has 0 spiro atoms.